The molecule has 0 bridgehead atoms. The van der Waals surface area contributed by atoms with Gasteiger partial charge < -0.3 is 60.7 Å². The minimum atomic E-state index is -1.64. The van der Waals surface area contributed by atoms with E-state index < -0.39 is 156 Å². The number of carbonyl (C=O) groups excluding carboxylic acids is 11. The fourth-order valence-electron chi connectivity index (χ4n) is 10.7. The van der Waals surface area contributed by atoms with Crippen molar-refractivity contribution in [2.24, 2.45) is 41.4 Å². The van der Waals surface area contributed by atoms with Crippen LogP contribution >= 0.6 is 0 Å². The summed E-state index contributed by atoms with van der Waals surface area (Å²) in [6.45, 7) is 31.2. The van der Waals surface area contributed by atoms with Gasteiger partial charge in [-0.1, -0.05) is 122 Å². The molecule has 11 amide bonds. The zero-order valence-corrected chi connectivity index (χ0v) is 56.3. The lowest BCUT2D eigenvalue weighted by molar-refractivity contribution is -0.157. The Kier molecular flexibility index (Phi) is 32.0. The molecule has 0 aromatic rings. The average Bonchev–Trinajstić information content (AvgIpc) is 3.63. The molecule has 1 fully saturated rings. The van der Waals surface area contributed by atoms with E-state index >= 15 is 9.59 Å². The summed E-state index contributed by atoms with van der Waals surface area (Å²) in [4.78, 5) is 169. The SMILES string of the molecule is C=CC=CCC(C)C(O)C1C(=O)NC(CC)C(=O)N(C)CC(=O)N(C)C(CC(C)C)C(=O)NC(C(C)C)C(=O)N(C)C(CC(C)C)C(=O)NC(C)C(=O)NC(C)C(=O)N(C)C(CC(C)C)C(=O)N(C)C(CC(C)C)C(=O)N(C)C(C(C)C)C(=O)N1C. The van der Waals surface area contributed by atoms with E-state index in [2.05, 4.69) is 27.8 Å². The number of rotatable bonds is 16. The first kappa shape index (κ1) is 77.6. The normalized spacial score (nSPS) is 26.7. The molecule has 0 aromatic carbocycles. The monoisotopic (exact) mass is 1210 g/mol. The highest BCUT2D eigenvalue weighted by molar-refractivity contribution is 5.99. The summed E-state index contributed by atoms with van der Waals surface area (Å²) < 4.78 is 0. The maximum Gasteiger partial charge on any atom is 0.246 e. The number of hydrogen-bond donors (Lipinski definition) is 5. The van der Waals surface area contributed by atoms with Crippen molar-refractivity contribution < 1.29 is 57.8 Å². The lowest BCUT2D eigenvalue weighted by atomic mass is 9.91. The molecule has 12 unspecified atom stereocenters. The van der Waals surface area contributed by atoms with Crippen LogP contribution in [-0.4, -0.2) is 227 Å². The number of carbonyl (C=O) groups is 11. The maximum absolute atomic E-state index is 15.2. The van der Waals surface area contributed by atoms with Crippen LogP contribution in [0.25, 0.3) is 0 Å². The smallest absolute Gasteiger partial charge is 0.246 e. The predicted octanol–water partition coefficient (Wildman–Crippen LogP) is 3.44. The molecule has 1 aliphatic heterocycles. The van der Waals surface area contributed by atoms with Crippen molar-refractivity contribution >= 4 is 65.0 Å². The zero-order valence-electron chi connectivity index (χ0n) is 56.3. The molecule has 1 heterocycles. The lowest BCUT2D eigenvalue weighted by Gasteiger charge is -2.41. The van der Waals surface area contributed by atoms with Gasteiger partial charge in [0.15, 0.2) is 0 Å². The van der Waals surface area contributed by atoms with Gasteiger partial charge in [-0.05, 0) is 93.8 Å². The van der Waals surface area contributed by atoms with Crippen molar-refractivity contribution in [2.75, 3.05) is 55.9 Å². The fourth-order valence-corrected chi connectivity index (χ4v) is 10.7. The van der Waals surface area contributed by atoms with Gasteiger partial charge in [0.25, 0.3) is 0 Å². The third-order valence-corrected chi connectivity index (χ3v) is 16.1. The maximum atomic E-state index is 15.2. The van der Waals surface area contributed by atoms with Crippen LogP contribution in [0.15, 0.2) is 24.8 Å². The van der Waals surface area contributed by atoms with Gasteiger partial charge in [-0.3, -0.25) is 52.7 Å². The largest absolute Gasteiger partial charge is 0.390 e. The number of nitrogens with zero attached hydrogens (tertiary/aromatic N) is 7. The molecule has 0 aliphatic carbocycles. The lowest BCUT2D eigenvalue weighted by Crippen LogP contribution is -2.63. The average molecular weight is 1210 g/mol. The van der Waals surface area contributed by atoms with Crippen molar-refractivity contribution in [1.29, 1.82) is 0 Å². The van der Waals surface area contributed by atoms with Crippen LogP contribution in [0, 0.1) is 41.4 Å². The number of nitrogens with one attached hydrogen (secondary N) is 4. The Bertz CT molecular complexity index is 2380. The van der Waals surface area contributed by atoms with E-state index in [4.69, 9.17) is 0 Å². The van der Waals surface area contributed by atoms with Crippen LogP contribution in [-0.2, 0) is 52.7 Å². The highest BCUT2D eigenvalue weighted by Gasteiger charge is 2.45. The van der Waals surface area contributed by atoms with Gasteiger partial charge in [-0.15, -0.1) is 0 Å². The Balaban J connectivity index is 4.34. The molecule has 0 radical (unpaired) electrons. The first-order valence-corrected chi connectivity index (χ1v) is 30.7. The van der Waals surface area contributed by atoms with E-state index in [-0.39, 0.29) is 62.2 Å². The van der Waals surface area contributed by atoms with Gasteiger partial charge >= 0.3 is 0 Å². The van der Waals surface area contributed by atoms with Crippen LogP contribution in [0.1, 0.15) is 149 Å². The Labute approximate surface area is 514 Å². The zero-order chi connectivity index (χ0) is 66.7. The summed E-state index contributed by atoms with van der Waals surface area (Å²) in [6, 6.07) is -12.4. The topological polar surface area (TPSA) is 279 Å². The van der Waals surface area contributed by atoms with Crippen molar-refractivity contribution in [3.05, 3.63) is 24.8 Å². The Morgan fingerprint density at radius 1 is 0.477 bits per heavy atom. The number of amides is 11. The van der Waals surface area contributed by atoms with E-state index in [0.717, 1.165) is 9.80 Å². The second-order valence-corrected chi connectivity index (χ2v) is 26.2. The van der Waals surface area contributed by atoms with Crippen molar-refractivity contribution in [3.8, 4) is 0 Å². The van der Waals surface area contributed by atoms with E-state index in [0.29, 0.717) is 0 Å². The first-order chi connectivity index (χ1) is 39.7. The Morgan fingerprint density at radius 3 is 1.35 bits per heavy atom. The van der Waals surface area contributed by atoms with E-state index in [1.54, 1.807) is 59.8 Å². The third kappa shape index (κ3) is 21.8. The first-order valence-electron chi connectivity index (χ1n) is 30.7. The molecule has 86 heavy (non-hydrogen) atoms. The fraction of sp³-hybridized carbons (Fsp3) is 0.762. The van der Waals surface area contributed by atoms with Crippen LogP contribution in [0.2, 0.25) is 0 Å². The summed E-state index contributed by atoms with van der Waals surface area (Å²) in [6.07, 6.45) is 4.30. The second kappa shape index (κ2) is 35.4. The minimum Gasteiger partial charge on any atom is -0.390 e. The van der Waals surface area contributed by atoms with Crippen LogP contribution in [0.5, 0.6) is 0 Å². The number of aliphatic hydroxyl groups is 1. The predicted molar refractivity (Wildman–Crippen MR) is 333 cm³/mol. The van der Waals surface area contributed by atoms with Crippen molar-refractivity contribution in [2.45, 2.75) is 216 Å². The standard InChI is InChI=1S/C63H111N11O12/c1-25-27-28-29-41(15)53(76)52-57(80)66-44(26-2)59(82)68(18)34-49(75)69(19)45(30-35(3)4)56(79)67-50(39(11)12)62(85)70(20)46(31-36(5)6)55(78)64-42(16)54(77)65-43(17)58(81)71(21)47(32-37(7)8)60(83)72(22)48(33-38(9)10)61(84)73(23)51(40(13)14)63(86)74(52)24/h25,27-28,35-48,50-53,76H,1,26,29-34H2,2-24H3,(H,64,78)(H,65,77)(H,66,80)(H,67,79). The van der Waals surface area contributed by atoms with Crippen molar-refractivity contribution in [3.63, 3.8) is 0 Å². The molecule has 5 N–H and O–H groups in total. The molecule has 1 rings (SSSR count). The van der Waals surface area contributed by atoms with Gasteiger partial charge in [-0.2, -0.15) is 0 Å². The number of allylic oxidation sites excluding steroid dienone is 3. The Morgan fingerprint density at radius 2 is 0.895 bits per heavy atom. The highest BCUT2D eigenvalue weighted by Crippen LogP contribution is 2.26. The summed E-state index contributed by atoms with van der Waals surface area (Å²) in [5, 5.41) is 23.1. The molecule has 1 saturated heterocycles. The molecule has 23 nitrogen and oxygen atoms in total. The number of hydrogen-bond acceptors (Lipinski definition) is 12. The molecule has 0 saturated carbocycles. The van der Waals surface area contributed by atoms with E-state index in [1.807, 2.05) is 55.4 Å². The van der Waals surface area contributed by atoms with Gasteiger partial charge in [0, 0.05) is 49.3 Å². The van der Waals surface area contributed by atoms with Crippen molar-refractivity contribution in [1.82, 2.24) is 55.6 Å². The molecule has 0 spiro atoms. The summed E-state index contributed by atoms with van der Waals surface area (Å²) in [5.41, 5.74) is 0. The summed E-state index contributed by atoms with van der Waals surface area (Å²) >= 11 is 0. The van der Waals surface area contributed by atoms with Gasteiger partial charge in [-0.25, -0.2) is 0 Å². The molecule has 23 heteroatoms. The van der Waals surface area contributed by atoms with Crippen LogP contribution < -0.4 is 21.3 Å². The van der Waals surface area contributed by atoms with Gasteiger partial charge in [0.1, 0.15) is 60.4 Å². The molecule has 0 aromatic heterocycles. The van der Waals surface area contributed by atoms with Gasteiger partial charge in [0.05, 0.1) is 12.6 Å². The second-order valence-electron chi connectivity index (χ2n) is 26.2. The van der Waals surface area contributed by atoms with Crippen LogP contribution in [0.3, 0.4) is 0 Å². The quantitative estimate of drug-likeness (QED) is 0.139. The van der Waals surface area contributed by atoms with E-state index in [9.17, 15) is 48.3 Å². The highest BCUT2D eigenvalue weighted by atomic mass is 16.3. The Hall–Kier alpha value is -6.39. The summed E-state index contributed by atoms with van der Waals surface area (Å²) in [5.74, 6) is -9.86. The minimum absolute atomic E-state index is 0.0125. The van der Waals surface area contributed by atoms with Crippen LogP contribution in [0.4, 0.5) is 0 Å². The molecule has 1 aliphatic rings. The number of likely N-dealkylation sites (N-methyl/N-ethyl adjacent to an activating group) is 7. The molecule has 12 atom stereocenters. The molecular formula is C63H111N11O12. The molecule has 490 valence electrons. The number of aliphatic hydroxyl groups excluding tert-OH is 1. The van der Waals surface area contributed by atoms with E-state index in [1.165, 1.54) is 87.7 Å². The van der Waals surface area contributed by atoms with Gasteiger partial charge in [0.2, 0.25) is 65.0 Å². The summed E-state index contributed by atoms with van der Waals surface area (Å²) in [7, 11) is 9.88. The molecular weight excluding hydrogens is 1100 g/mol. The third-order valence-electron chi connectivity index (χ3n) is 16.1.